The summed E-state index contributed by atoms with van der Waals surface area (Å²) >= 11 is 0. The number of fused-ring (bicyclic) bond motifs is 1. The number of nitrogens with zero attached hydrogens (tertiary/aromatic N) is 3. The molecule has 0 saturated carbocycles. The molecule has 10 nitrogen and oxygen atoms in total. The highest BCUT2D eigenvalue weighted by molar-refractivity contribution is 5.77. The molecule has 0 radical (unpaired) electrons. The first-order valence-corrected chi connectivity index (χ1v) is 12.0. The van der Waals surface area contributed by atoms with Crippen molar-refractivity contribution in [2.75, 3.05) is 0 Å². The quantitative estimate of drug-likeness (QED) is 0.260. The Balaban J connectivity index is 1.75. The standard InChI is InChI=1S/C25H20F8N4O6/c1-11(12-3-6-14(7-4-12)42-22(26)27)41-15-8-5-13(9-16(15)43-25(31,32)33)19-34-20-18(36(19)2)21(39)35-23(40)37(20)10-17(38)24(28,29)30/h3-9,11,17,22,38H,10H2,1-2H3,(H,35,39,40). The van der Waals surface area contributed by atoms with Crippen molar-refractivity contribution >= 4 is 11.2 Å². The van der Waals surface area contributed by atoms with Gasteiger partial charge in [0.05, 0.1) is 6.54 Å². The van der Waals surface area contributed by atoms with E-state index in [9.17, 15) is 49.8 Å². The minimum absolute atomic E-state index is 0.124. The molecule has 2 unspecified atom stereocenters. The molecule has 18 heteroatoms. The maximum absolute atomic E-state index is 13.3. The van der Waals surface area contributed by atoms with Gasteiger partial charge in [-0.05, 0) is 42.8 Å². The van der Waals surface area contributed by atoms with Gasteiger partial charge in [-0.15, -0.1) is 13.2 Å². The molecule has 0 spiro atoms. The summed E-state index contributed by atoms with van der Waals surface area (Å²) in [6.45, 7) is -2.93. The van der Waals surface area contributed by atoms with Crippen molar-refractivity contribution in [2.24, 2.45) is 7.05 Å². The minimum Gasteiger partial charge on any atom is -0.482 e. The second kappa shape index (κ2) is 11.6. The maximum Gasteiger partial charge on any atom is 0.573 e. The van der Waals surface area contributed by atoms with Crippen LogP contribution in [0.2, 0.25) is 0 Å². The number of aryl methyl sites for hydroxylation is 1. The molecule has 232 valence electrons. The number of benzene rings is 2. The molecular formula is C25H20F8N4O6. The number of aromatic nitrogens is 4. The Kier molecular flexibility index (Phi) is 8.44. The van der Waals surface area contributed by atoms with E-state index >= 15 is 0 Å². The molecule has 2 aromatic carbocycles. The number of hydrogen-bond acceptors (Lipinski definition) is 7. The van der Waals surface area contributed by atoms with Gasteiger partial charge in [0.25, 0.3) is 5.56 Å². The van der Waals surface area contributed by atoms with Crippen molar-refractivity contribution in [2.45, 2.75) is 44.8 Å². The Morgan fingerprint density at radius 3 is 2.21 bits per heavy atom. The molecule has 4 aromatic rings. The van der Waals surface area contributed by atoms with Crippen LogP contribution in [0.1, 0.15) is 18.6 Å². The van der Waals surface area contributed by atoms with Gasteiger partial charge in [0.2, 0.25) is 0 Å². The number of rotatable bonds is 9. The number of ether oxygens (including phenoxy) is 3. The van der Waals surface area contributed by atoms with E-state index in [1.807, 2.05) is 4.98 Å². The number of hydrogen-bond donors (Lipinski definition) is 2. The molecule has 2 N–H and O–H groups in total. The van der Waals surface area contributed by atoms with Crippen molar-refractivity contribution in [3.05, 3.63) is 68.9 Å². The van der Waals surface area contributed by atoms with Gasteiger partial charge >= 0.3 is 24.8 Å². The van der Waals surface area contributed by atoms with Crippen molar-refractivity contribution in [3.8, 4) is 28.6 Å². The summed E-state index contributed by atoms with van der Waals surface area (Å²) in [6.07, 6.45) is -14.2. The summed E-state index contributed by atoms with van der Waals surface area (Å²) in [4.78, 5) is 30.6. The van der Waals surface area contributed by atoms with Crippen LogP contribution in [0.15, 0.2) is 52.1 Å². The second-order valence-electron chi connectivity index (χ2n) is 9.01. The van der Waals surface area contributed by atoms with Crippen molar-refractivity contribution in [3.63, 3.8) is 0 Å². The molecule has 0 bridgehead atoms. The normalized spacial score (nSPS) is 13.8. The van der Waals surface area contributed by atoms with Crippen LogP contribution in [0, 0.1) is 0 Å². The summed E-state index contributed by atoms with van der Waals surface area (Å²) in [5.74, 6) is -1.68. The van der Waals surface area contributed by atoms with E-state index in [4.69, 9.17) is 4.74 Å². The molecule has 4 rings (SSSR count). The monoisotopic (exact) mass is 624 g/mol. The average molecular weight is 624 g/mol. The zero-order valence-electron chi connectivity index (χ0n) is 21.8. The third-order valence-electron chi connectivity index (χ3n) is 6.05. The third-order valence-corrected chi connectivity index (χ3v) is 6.05. The SMILES string of the molecule is CC(Oc1ccc(-c2nc3c(c(=O)[nH]c(=O)n3CC(O)C(F)(F)F)n2C)cc1OC(F)(F)F)c1ccc(OC(F)F)cc1. The van der Waals surface area contributed by atoms with Gasteiger partial charge in [0.1, 0.15) is 17.7 Å². The van der Waals surface area contributed by atoms with E-state index in [1.54, 1.807) is 0 Å². The Morgan fingerprint density at radius 1 is 0.977 bits per heavy atom. The number of nitrogens with one attached hydrogen (secondary N) is 1. The van der Waals surface area contributed by atoms with Crippen LogP contribution in [0.3, 0.4) is 0 Å². The molecular weight excluding hydrogens is 604 g/mol. The summed E-state index contributed by atoms with van der Waals surface area (Å²) in [6, 6.07) is 8.26. The van der Waals surface area contributed by atoms with E-state index in [2.05, 4.69) is 14.5 Å². The van der Waals surface area contributed by atoms with Gasteiger partial charge in [0.15, 0.2) is 28.8 Å². The zero-order chi connectivity index (χ0) is 31.9. The van der Waals surface area contributed by atoms with E-state index in [-0.39, 0.29) is 17.1 Å². The number of halogens is 8. The van der Waals surface area contributed by atoms with Gasteiger partial charge in [-0.1, -0.05) is 12.1 Å². The lowest BCUT2D eigenvalue weighted by atomic mass is 10.1. The first-order valence-electron chi connectivity index (χ1n) is 12.0. The lowest BCUT2D eigenvalue weighted by molar-refractivity contribution is -0.275. The first kappa shape index (κ1) is 31.3. The topological polar surface area (TPSA) is 121 Å². The number of aliphatic hydroxyl groups is 1. The summed E-state index contributed by atoms with van der Waals surface area (Å²) in [7, 11) is 1.23. The fraction of sp³-hybridized carbons (Fsp3) is 0.320. The summed E-state index contributed by atoms with van der Waals surface area (Å²) in [5, 5.41) is 9.48. The fourth-order valence-electron chi connectivity index (χ4n) is 4.08. The Labute approximate surface area is 234 Å². The Bertz CT molecular complexity index is 1730. The van der Waals surface area contributed by atoms with Gasteiger partial charge in [-0.25, -0.2) is 9.78 Å². The Hall–Kier alpha value is -4.61. The molecule has 0 amide bonds. The molecule has 0 aliphatic rings. The number of aliphatic hydroxyl groups excluding tert-OH is 1. The molecule has 2 aromatic heterocycles. The number of H-pyrrole nitrogens is 1. The van der Waals surface area contributed by atoms with Gasteiger partial charge < -0.3 is 23.9 Å². The maximum atomic E-state index is 13.3. The van der Waals surface area contributed by atoms with Crippen LogP contribution in [-0.2, 0) is 13.6 Å². The fourth-order valence-corrected chi connectivity index (χ4v) is 4.08. The molecule has 0 aliphatic carbocycles. The molecule has 0 aliphatic heterocycles. The van der Waals surface area contributed by atoms with Crippen molar-refractivity contribution < 1.29 is 54.4 Å². The largest absolute Gasteiger partial charge is 0.573 e. The third kappa shape index (κ3) is 7.07. The van der Waals surface area contributed by atoms with Crippen molar-refractivity contribution in [1.29, 1.82) is 0 Å². The van der Waals surface area contributed by atoms with Crippen molar-refractivity contribution in [1.82, 2.24) is 19.1 Å². The molecule has 2 heterocycles. The lowest BCUT2D eigenvalue weighted by Gasteiger charge is -2.19. The average Bonchev–Trinajstić information content (AvgIpc) is 3.23. The van der Waals surface area contributed by atoms with Gasteiger partial charge in [-0.2, -0.15) is 22.0 Å². The van der Waals surface area contributed by atoms with Crippen LogP contribution in [0.4, 0.5) is 35.1 Å². The molecule has 2 atom stereocenters. The highest BCUT2D eigenvalue weighted by Gasteiger charge is 2.39. The van der Waals surface area contributed by atoms with E-state index < -0.39 is 71.8 Å². The van der Waals surface area contributed by atoms with Crippen LogP contribution in [0.25, 0.3) is 22.6 Å². The number of aromatic amines is 1. The lowest BCUT2D eigenvalue weighted by Crippen LogP contribution is -2.39. The highest BCUT2D eigenvalue weighted by atomic mass is 19.4. The highest BCUT2D eigenvalue weighted by Crippen LogP contribution is 2.38. The summed E-state index contributed by atoms with van der Waals surface area (Å²) in [5.41, 5.74) is -3.09. The predicted molar refractivity (Wildman–Crippen MR) is 132 cm³/mol. The van der Waals surface area contributed by atoms with Crippen LogP contribution < -0.4 is 25.5 Å². The Morgan fingerprint density at radius 2 is 1.63 bits per heavy atom. The first-order chi connectivity index (χ1) is 19.9. The van der Waals surface area contributed by atoms with Crippen LogP contribution in [-0.4, -0.2) is 49.5 Å². The van der Waals surface area contributed by atoms with Gasteiger partial charge in [0, 0.05) is 12.6 Å². The van der Waals surface area contributed by atoms with E-state index in [1.165, 1.54) is 44.3 Å². The number of imidazole rings is 1. The van der Waals surface area contributed by atoms with E-state index in [0.717, 1.165) is 16.7 Å². The second-order valence-corrected chi connectivity index (χ2v) is 9.01. The van der Waals surface area contributed by atoms with Crippen LogP contribution in [0.5, 0.6) is 17.2 Å². The van der Waals surface area contributed by atoms with Gasteiger partial charge in [-0.3, -0.25) is 14.3 Å². The molecule has 43 heavy (non-hydrogen) atoms. The molecule has 0 fully saturated rings. The minimum atomic E-state index is -5.20. The zero-order valence-corrected chi connectivity index (χ0v) is 21.8. The van der Waals surface area contributed by atoms with E-state index in [0.29, 0.717) is 10.1 Å². The number of alkyl halides is 8. The summed E-state index contributed by atoms with van der Waals surface area (Å²) < 4.78 is 119. The molecule has 0 saturated heterocycles. The smallest absolute Gasteiger partial charge is 0.482 e. The van der Waals surface area contributed by atoms with Crippen LogP contribution >= 0.6 is 0 Å². The predicted octanol–water partition coefficient (Wildman–Crippen LogP) is 4.65.